The Labute approximate surface area is 166 Å². The third-order valence-corrected chi connectivity index (χ3v) is 5.91. The van der Waals surface area contributed by atoms with Gasteiger partial charge in [0.1, 0.15) is 5.54 Å². The minimum Gasteiger partial charge on any atom is -0.319 e. The molecule has 0 bridgehead atoms. The van der Waals surface area contributed by atoms with Gasteiger partial charge >= 0.3 is 12.2 Å². The summed E-state index contributed by atoms with van der Waals surface area (Å²) in [5.41, 5.74) is -0.607. The topological polar surface area (TPSA) is 52.7 Å². The third-order valence-electron chi connectivity index (χ3n) is 5.91. The van der Waals surface area contributed by atoms with Crippen LogP contribution in [-0.2, 0) is 10.3 Å². The van der Waals surface area contributed by atoms with Crippen LogP contribution < -0.4 is 5.32 Å². The second kappa shape index (κ2) is 7.02. The first kappa shape index (κ1) is 19.7. The highest BCUT2D eigenvalue weighted by atomic mass is 19.4. The molecular weight excluding hydrogens is 383 g/mol. The zero-order chi connectivity index (χ0) is 20.8. The van der Waals surface area contributed by atoms with Crippen LogP contribution in [0.15, 0.2) is 42.5 Å². The van der Waals surface area contributed by atoms with Gasteiger partial charge in [0.25, 0.3) is 5.91 Å². The summed E-state index contributed by atoms with van der Waals surface area (Å²) in [7, 11) is 0. The van der Waals surface area contributed by atoms with Gasteiger partial charge < -0.3 is 5.32 Å². The Balaban J connectivity index is 1.55. The first-order valence-electron chi connectivity index (χ1n) is 9.61. The number of hydrogen-bond donors (Lipinski definition) is 1. The SMILES string of the molecule is C[C@]1(c2ccc3ccccc3c2)NC(=O)N(CN2CCC[C@H](C(F)(F)F)C2)C1=O. The molecule has 2 fully saturated rings. The molecular formula is C21H22F3N3O2. The zero-order valence-electron chi connectivity index (χ0n) is 16.0. The van der Waals surface area contributed by atoms with Gasteiger partial charge in [-0.2, -0.15) is 13.2 Å². The van der Waals surface area contributed by atoms with Crippen molar-refractivity contribution in [3.05, 3.63) is 48.0 Å². The van der Waals surface area contributed by atoms with Gasteiger partial charge in [-0.15, -0.1) is 0 Å². The Morgan fingerprint density at radius 2 is 1.86 bits per heavy atom. The van der Waals surface area contributed by atoms with E-state index in [4.69, 9.17) is 0 Å². The van der Waals surface area contributed by atoms with E-state index in [1.165, 1.54) is 4.90 Å². The van der Waals surface area contributed by atoms with Crippen molar-refractivity contribution in [2.75, 3.05) is 19.8 Å². The maximum atomic E-state index is 13.1. The first-order chi connectivity index (χ1) is 13.7. The predicted octanol–water partition coefficient (Wildman–Crippen LogP) is 3.84. The van der Waals surface area contributed by atoms with E-state index in [-0.39, 0.29) is 19.6 Å². The summed E-state index contributed by atoms with van der Waals surface area (Å²) >= 11 is 0. The number of carbonyl (C=O) groups is 2. The molecule has 2 saturated heterocycles. The first-order valence-corrected chi connectivity index (χ1v) is 9.61. The number of carbonyl (C=O) groups excluding carboxylic acids is 2. The van der Waals surface area contributed by atoms with Gasteiger partial charge in [0.15, 0.2) is 0 Å². The van der Waals surface area contributed by atoms with Crippen molar-refractivity contribution in [2.24, 2.45) is 5.92 Å². The van der Waals surface area contributed by atoms with Gasteiger partial charge in [0.05, 0.1) is 12.6 Å². The van der Waals surface area contributed by atoms with Gasteiger partial charge in [-0.25, -0.2) is 9.69 Å². The summed E-state index contributed by atoms with van der Waals surface area (Å²) in [6.45, 7) is 1.72. The Bertz CT molecular complexity index is 962. The van der Waals surface area contributed by atoms with Crippen LogP contribution in [0, 0.1) is 5.92 Å². The lowest BCUT2D eigenvalue weighted by Gasteiger charge is -2.35. The van der Waals surface area contributed by atoms with Crippen molar-refractivity contribution in [2.45, 2.75) is 31.5 Å². The van der Waals surface area contributed by atoms with Crippen molar-refractivity contribution in [3.63, 3.8) is 0 Å². The van der Waals surface area contributed by atoms with E-state index in [1.54, 1.807) is 13.0 Å². The Morgan fingerprint density at radius 3 is 2.59 bits per heavy atom. The highest BCUT2D eigenvalue weighted by molar-refractivity contribution is 6.07. The lowest BCUT2D eigenvalue weighted by atomic mass is 9.90. The number of halogens is 3. The average molecular weight is 405 g/mol. The normalized spacial score (nSPS) is 26.2. The third kappa shape index (κ3) is 3.57. The van der Waals surface area contributed by atoms with Crippen molar-refractivity contribution in [1.82, 2.24) is 15.1 Å². The number of amides is 3. The fraction of sp³-hybridized carbons (Fsp3) is 0.429. The Kier molecular flexibility index (Phi) is 4.77. The van der Waals surface area contributed by atoms with E-state index >= 15 is 0 Å². The fourth-order valence-corrected chi connectivity index (χ4v) is 4.17. The number of fused-ring (bicyclic) bond motifs is 1. The van der Waals surface area contributed by atoms with Crippen molar-refractivity contribution >= 4 is 22.7 Å². The molecule has 0 saturated carbocycles. The standard InChI is InChI=1S/C21H22F3N3O2/c1-20(16-9-8-14-5-2-3-6-15(14)11-16)18(28)27(19(29)25-20)13-26-10-4-7-17(12-26)21(22,23)24/h2-3,5-6,8-9,11,17H,4,7,10,12-13H2,1H3,(H,25,29)/t17-,20+/m0/s1. The summed E-state index contributed by atoms with van der Waals surface area (Å²) in [6, 6.07) is 12.6. The molecule has 154 valence electrons. The Hall–Kier alpha value is -2.61. The average Bonchev–Trinajstić information content (AvgIpc) is 2.91. The highest BCUT2D eigenvalue weighted by Gasteiger charge is 2.50. The number of likely N-dealkylation sites (tertiary alicyclic amines) is 1. The molecule has 8 heteroatoms. The van der Waals surface area contributed by atoms with Crippen LogP contribution >= 0.6 is 0 Å². The summed E-state index contributed by atoms with van der Waals surface area (Å²) < 4.78 is 39.2. The van der Waals surface area contributed by atoms with Crippen LogP contribution in [0.1, 0.15) is 25.3 Å². The molecule has 4 rings (SSSR count). The molecule has 5 nitrogen and oxygen atoms in total. The lowest BCUT2D eigenvalue weighted by molar-refractivity contribution is -0.187. The molecule has 0 aromatic heterocycles. The molecule has 0 spiro atoms. The van der Waals surface area contributed by atoms with E-state index in [1.807, 2.05) is 36.4 Å². The smallest absolute Gasteiger partial charge is 0.319 e. The molecule has 2 aliphatic heterocycles. The lowest BCUT2D eigenvalue weighted by Crippen LogP contribution is -2.48. The van der Waals surface area contributed by atoms with Gasteiger partial charge in [0.2, 0.25) is 0 Å². The van der Waals surface area contributed by atoms with Crippen LogP contribution in [0.25, 0.3) is 10.8 Å². The quantitative estimate of drug-likeness (QED) is 0.790. The van der Waals surface area contributed by atoms with Crippen LogP contribution in [0.4, 0.5) is 18.0 Å². The molecule has 2 aromatic rings. The molecule has 1 N–H and O–H groups in total. The molecule has 2 heterocycles. The van der Waals surface area contributed by atoms with Gasteiger partial charge in [-0.1, -0.05) is 36.4 Å². The van der Waals surface area contributed by atoms with Gasteiger partial charge in [-0.05, 0) is 48.7 Å². The molecule has 3 amide bonds. The number of alkyl halides is 3. The van der Waals surface area contributed by atoms with Crippen LogP contribution in [-0.4, -0.2) is 47.7 Å². The largest absolute Gasteiger partial charge is 0.393 e. The monoisotopic (exact) mass is 405 g/mol. The molecule has 29 heavy (non-hydrogen) atoms. The molecule has 2 atom stereocenters. The van der Waals surface area contributed by atoms with Crippen molar-refractivity contribution in [3.8, 4) is 0 Å². The summed E-state index contributed by atoms with van der Waals surface area (Å²) in [4.78, 5) is 28.2. The maximum absolute atomic E-state index is 13.1. The number of imide groups is 1. The van der Waals surface area contributed by atoms with Crippen LogP contribution in [0.5, 0.6) is 0 Å². The molecule has 2 aromatic carbocycles. The number of hydrogen-bond acceptors (Lipinski definition) is 3. The summed E-state index contributed by atoms with van der Waals surface area (Å²) in [5, 5.41) is 4.69. The molecule has 0 unspecified atom stereocenters. The highest BCUT2D eigenvalue weighted by Crippen LogP contribution is 2.34. The van der Waals surface area contributed by atoms with Gasteiger partial charge in [-0.3, -0.25) is 9.69 Å². The molecule has 0 radical (unpaired) electrons. The Morgan fingerprint density at radius 1 is 1.14 bits per heavy atom. The predicted molar refractivity (Wildman–Crippen MR) is 102 cm³/mol. The summed E-state index contributed by atoms with van der Waals surface area (Å²) in [6.07, 6.45) is -3.81. The van der Waals surface area contributed by atoms with E-state index in [0.29, 0.717) is 18.5 Å². The van der Waals surface area contributed by atoms with E-state index < -0.39 is 29.6 Å². The van der Waals surface area contributed by atoms with Crippen LogP contribution in [0.3, 0.4) is 0 Å². The van der Waals surface area contributed by atoms with E-state index in [9.17, 15) is 22.8 Å². The number of urea groups is 1. The number of nitrogens with zero attached hydrogens (tertiary/aromatic N) is 2. The minimum absolute atomic E-state index is 0.0783. The van der Waals surface area contributed by atoms with Crippen LogP contribution in [0.2, 0.25) is 0 Å². The number of nitrogens with one attached hydrogen (secondary N) is 1. The van der Waals surface area contributed by atoms with Crippen molar-refractivity contribution in [1.29, 1.82) is 0 Å². The fourth-order valence-electron chi connectivity index (χ4n) is 4.17. The van der Waals surface area contributed by atoms with E-state index in [2.05, 4.69) is 5.32 Å². The van der Waals surface area contributed by atoms with Gasteiger partial charge in [0, 0.05) is 6.54 Å². The maximum Gasteiger partial charge on any atom is 0.393 e. The molecule has 0 aliphatic carbocycles. The number of benzene rings is 2. The second-order valence-corrected chi connectivity index (χ2v) is 7.95. The van der Waals surface area contributed by atoms with Crippen molar-refractivity contribution < 1.29 is 22.8 Å². The molecule has 2 aliphatic rings. The zero-order valence-corrected chi connectivity index (χ0v) is 16.0. The number of rotatable bonds is 3. The number of piperidine rings is 1. The van der Waals surface area contributed by atoms with E-state index in [0.717, 1.165) is 15.7 Å². The summed E-state index contributed by atoms with van der Waals surface area (Å²) in [5.74, 6) is -1.88. The minimum atomic E-state index is -4.27. The second-order valence-electron chi connectivity index (χ2n) is 7.95.